The molecule has 1 saturated heterocycles. The molecule has 3 aromatic rings. The van der Waals surface area contributed by atoms with E-state index < -0.39 is 0 Å². The van der Waals surface area contributed by atoms with Gasteiger partial charge >= 0.3 is 0 Å². The molecule has 0 radical (unpaired) electrons. The van der Waals surface area contributed by atoms with Crippen LogP contribution in [0.3, 0.4) is 0 Å². The summed E-state index contributed by atoms with van der Waals surface area (Å²) in [6.45, 7) is 8.00. The first-order chi connectivity index (χ1) is 13.5. The Kier molecular flexibility index (Phi) is 5.38. The van der Waals surface area contributed by atoms with Crippen molar-refractivity contribution in [1.82, 2.24) is 24.7 Å². The van der Waals surface area contributed by atoms with Gasteiger partial charge in [0.25, 0.3) is 5.91 Å². The number of nitrogens with zero attached hydrogens (tertiary/aromatic N) is 5. The Bertz CT molecular complexity index is 1030. The van der Waals surface area contributed by atoms with Crippen molar-refractivity contribution < 1.29 is 9.69 Å². The number of piperazine rings is 1. The van der Waals surface area contributed by atoms with Gasteiger partial charge in [-0.25, -0.2) is 0 Å². The summed E-state index contributed by atoms with van der Waals surface area (Å²) in [6.07, 6.45) is 0. The normalized spacial score (nSPS) is 15.1. The summed E-state index contributed by atoms with van der Waals surface area (Å²) in [6, 6.07) is 10.0. The molecular formula is C19H23N6OS2+. The van der Waals surface area contributed by atoms with E-state index >= 15 is 0 Å². The minimum Gasteiger partial charge on any atom is -0.327 e. The van der Waals surface area contributed by atoms with Gasteiger partial charge in [-0.1, -0.05) is 23.8 Å². The molecule has 28 heavy (non-hydrogen) atoms. The highest BCUT2D eigenvalue weighted by Gasteiger charge is 2.25. The van der Waals surface area contributed by atoms with E-state index in [1.165, 1.54) is 21.8 Å². The van der Waals surface area contributed by atoms with Crippen molar-refractivity contribution in [3.63, 3.8) is 0 Å². The summed E-state index contributed by atoms with van der Waals surface area (Å²) in [7, 11) is 0. The number of carbonyl (C=O) groups is 1. The minimum atomic E-state index is 0.131. The van der Waals surface area contributed by atoms with E-state index in [0.717, 1.165) is 42.3 Å². The van der Waals surface area contributed by atoms with Gasteiger partial charge in [-0.2, -0.15) is 9.36 Å². The quantitative estimate of drug-likeness (QED) is 0.656. The lowest BCUT2D eigenvalue weighted by atomic mass is 10.1. The number of tetrazole rings is 1. The van der Waals surface area contributed by atoms with Crippen LogP contribution in [0.2, 0.25) is 0 Å². The molecule has 1 aliphatic rings. The third kappa shape index (κ3) is 3.78. The second-order valence-electron chi connectivity index (χ2n) is 7.14. The maximum atomic E-state index is 12.5. The molecule has 1 N–H and O–H groups in total. The summed E-state index contributed by atoms with van der Waals surface area (Å²) < 4.78 is 4.09. The van der Waals surface area contributed by atoms with Crippen LogP contribution in [0.1, 0.15) is 20.8 Å². The Morgan fingerprint density at radius 2 is 2.00 bits per heavy atom. The molecule has 0 unspecified atom stereocenters. The third-order valence-electron chi connectivity index (χ3n) is 5.08. The SMILES string of the molecule is Cc1ccc(-n2nnn(C[NH+]3CCN(C(=O)c4cccs4)CC3)c2=S)c(C)c1. The maximum absolute atomic E-state index is 12.5. The zero-order chi connectivity index (χ0) is 19.7. The fourth-order valence-corrected chi connectivity index (χ4v) is 4.45. The number of aryl methyl sites for hydroxylation is 2. The van der Waals surface area contributed by atoms with Crippen LogP contribution >= 0.6 is 23.6 Å². The maximum Gasteiger partial charge on any atom is 0.264 e. The predicted octanol–water partition coefficient (Wildman–Crippen LogP) is 1.48. The summed E-state index contributed by atoms with van der Waals surface area (Å²) in [5.41, 5.74) is 3.29. The Balaban J connectivity index is 1.42. The molecule has 4 rings (SSSR count). The van der Waals surface area contributed by atoms with Gasteiger partial charge in [-0.05, 0) is 59.6 Å². The van der Waals surface area contributed by atoms with Crippen molar-refractivity contribution in [2.24, 2.45) is 0 Å². The number of quaternary nitrogens is 1. The van der Waals surface area contributed by atoms with E-state index in [1.54, 1.807) is 9.36 Å². The fourth-order valence-electron chi connectivity index (χ4n) is 3.52. The Hall–Kier alpha value is -2.36. The van der Waals surface area contributed by atoms with Crippen molar-refractivity contribution >= 4 is 29.5 Å². The zero-order valence-corrected chi connectivity index (χ0v) is 17.6. The molecule has 2 aromatic heterocycles. The Morgan fingerprint density at radius 3 is 2.68 bits per heavy atom. The Labute approximate surface area is 172 Å². The lowest BCUT2D eigenvalue weighted by molar-refractivity contribution is -0.927. The summed E-state index contributed by atoms with van der Waals surface area (Å²) in [4.78, 5) is 16.6. The number of hydrogen-bond acceptors (Lipinski definition) is 5. The van der Waals surface area contributed by atoms with E-state index in [9.17, 15) is 4.79 Å². The number of hydrogen-bond donors (Lipinski definition) is 1. The Morgan fingerprint density at radius 1 is 1.21 bits per heavy atom. The van der Waals surface area contributed by atoms with Crippen LogP contribution in [0.15, 0.2) is 35.7 Å². The molecule has 1 fully saturated rings. The smallest absolute Gasteiger partial charge is 0.264 e. The molecule has 1 aliphatic heterocycles. The topological polar surface area (TPSA) is 60.4 Å². The van der Waals surface area contributed by atoms with Gasteiger partial charge in [0, 0.05) is 0 Å². The van der Waals surface area contributed by atoms with E-state index in [0.29, 0.717) is 11.4 Å². The lowest BCUT2D eigenvalue weighted by Gasteiger charge is -2.31. The van der Waals surface area contributed by atoms with E-state index in [1.807, 2.05) is 28.5 Å². The number of nitrogens with one attached hydrogen (secondary N) is 1. The molecule has 3 heterocycles. The molecule has 0 atom stereocenters. The van der Waals surface area contributed by atoms with Gasteiger partial charge < -0.3 is 9.80 Å². The van der Waals surface area contributed by atoms with Crippen LogP contribution in [0, 0.1) is 18.6 Å². The highest BCUT2D eigenvalue weighted by atomic mass is 32.1. The summed E-state index contributed by atoms with van der Waals surface area (Å²) in [5.74, 6) is 0.131. The average Bonchev–Trinajstić information content (AvgIpc) is 3.34. The van der Waals surface area contributed by atoms with Crippen LogP contribution in [0.25, 0.3) is 5.69 Å². The molecular weight excluding hydrogens is 392 g/mol. The molecule has 7 nitrogen and oxygen atoms in total. The van der Waals surface area contributed by atoms with Gasteiger partial charge in [0.2, 0.25) is 4.77 Å². The summed E-state index contributed by atoms with van der Waals surface area (Å²) in [5, 5.41) is 10.5. The van der Waals surface area contributed by atoms with Crippen molar-refractivity contribution in [3.05, 3.63) is 56.5 Å². The molecule has 0 bridgehead atoms. The molecule has 1 aromatic carbocycles. The van der Waals surface area contributed by atoms with E-state index in [-0.39, 0.29) is 5.91 Å². The molecule has 146 valence electrons. The average molecular weight is 416 g/mol. The summed E-state index contributed by atoms with van der Waals surface area (Å²) >= 11 is 7.11. The lowest BCUT2D eigenvalue weighted by Crippen LogP contribution is -3.14. The predicted molar refractivity (Wildman–Crippen MR) is 111 cm³/mol. The highest BCUT2D eigenvalue weighted by molar-refractivity contribution is 7.71. The fraction of sp³-hybridized carbons (Fsp3) is 0.368. The van der Waals surface area contributed by atoms with Crippen molar-refractivity contribution in [2.75, 3.05) is 26.2 Å². The molecule has 1 amide bonds. The minimum absolute atomic E-state index is 0.131. The van der Waals surface area contributed by atoms with Crippen LogP contribution < -0.4 is 4.90 Å². The van der Waals surface area contributed by atoms with Crippen LogP contribution in [0.5, 0.6) is 0 Å². The van der Waals surface area contributed by atoms with Gasteiger partial charge in [-0.15, -0.1) is 11.3 Å². The first kappa shape index (κ1) is 19.0. The number of aromatic nitrogens is 4. The van der Waals surface area contributed by atoms with E-state index in [2.05, 4.69) is 36.4 Å². The zero-order valence-electron chi connectivity index (χ0n) is 16.0. The van der Waals surface area contributed by atoms with Gasteiger partial charge in [0.15, 0.2) is 6.67 Å². The number of benzene rings is 1. The van der Waals surface area contributed by atoms with Crippen LogP contribution in [-0.4, -0.2) is 56.8 Å². The van der Waals surface area contributed by atoms with E-state index in [4.69, 9.17) is 12.2 Å². The number of thiophene rings is 1. The molecule has 0 aliphatic carbocycles. The molecule has 0 saturated carbocycles. The first-order valence-electron chi connectivity index (χ1n) is 9.30. The van der Waals surface area contributed by atoms with Gasteiger partial charge in [0.1, 0.15) is 0 Å². The van der Waals surface area contributed by atoms with Gasteiger partial charge in [-0.3, -0.25) is 4.79 Å². The first-order valence-corrected chi connectivity index (χ1v) is 10.6. The second kappa shape index (κ2) is 7.94. The second-order valence-corrected chi connectivity index (χ2v) is 8.45. The molecule has 0 spiro atoms. The van der Waals surface area contributed by atoms with Crippen LogP contribution in [0.4, 0.5) is 0 Å². The van der Waals surface area contributed by atoms with Crippen molar-refractivity contribution in [1.29, 1.82) is 0 Å². The number of carbonyl (C=O) groups excluding carboxylic acids is 1. The number of amides is 1. The standard InChI is InChI=1S/C19H22N6OS2/c1-14-5-6-16(15(2)12-14)25-19(27)24(20-21-25)13-22-7-9-23(10-8-22)18(26)17-4-3-11-28-17/h3-6,11-12H,7-10,13H2,1-2H3/p+1. The van der Waals surface area contributed by atoms with Crippen LogP contribution in [-0.2, 0) is 6.67 Å². The van der Waals surface area contributed by atoms with Crippen molar-refractivity contribution in [3.8, 4) is 5.69 Å². The van der Waals surface area contributed by atoms with Crippen molar-refractivity contribution in [2.45, 2.75) is 20.5 Å². The van der Waals surface area contributed by atoms with Gasteiger partial charge in [0.05, 0.1) is 36.7 Å². The highest BCUT2D eigenvalue weighted by Crippen LogP contribution is 2.15. The third-order valence-corrected chi connectivity index (χ3v) is 6.32. The largest absolute Gasteiger partial charge is 0.327 e. The number of rotatable bonds is 4. The monoisotopic (exact) mass is 415 g/mol. The molecule has 9 heteroatoms.